The number of hydrogen-bond donors (Lipinski definition) is 1. The number of rotatable bonds is 5. The Kier molecular flexibility index (Phi) is 6.83. The van der Waals surface area contributed by atoms with Crippen molar-refractivity contribution in [1.29, 1.82) is 0 Å². The summed E-state index contributed by atoms with van der Waals surface area (Å²) in [5.41, 5.74) is 1.76. The van der Waals surface area contributed by atoms with Crippen LogP contribution in [0.1, 0.15) is 30.1 Å². The maximum absolute atomic E-state index is 14.8. The van der Waals surface area contributed by atoms with Gasteiger partial charge in [0, 0.05) is 52.8 Å². The van der Waals surface area contributed by atoms with Gasteiger partial charge in [-0.2, -0.15) is 0 Å². The molecule has 1 aromatic carbocycles. The molecule has 2 aliphatic rings. The van der Waals surface area contributed by atoms with Gasteiger partial charge in [-0.3, -0.25) is 4.79 Å². The van der Waals surface area contributed by atoms with Gasteiger partial charge in [-0.05, 0) is 31.9 Å². The first-order valence-corrected chi connectivity index (χ1v) is 12.6. The third kappa shape index (κ3) is 5.22. The number of pyridine rings is 1. The first-order chi connectivity index (χ1) is 16.9. The van der Waals surface area contributed by atoms with E-state index in [0.29, 0.717) is 40.9 Å². The number of nitrogens with one attached hydrogen (secondary N) is 1. The van der Waals surface area contributed by atoms with Crippen LogP contribution in [0, 0.1) is 5.82 Å². The summed E-state index contributed by atoms with van der Waals surface area (Å²) in [6.07, 6.45) is 6.56. The summed E-state index contributed by atoms with van der Waals surface area (Å²) in [7, 11) is 0. The Morgan fingerprint density at radius 2 is 1.91 bits per heavy atom. The molecule has 8 nitrogen and oxygen atoms in total. The second-order valence-electron chi connectivity index (χ2n) is 9.00. The quantitative estimate of drug-likeness (QED) is 0.347. The summed E-state index contributed by atoms with van der Waals surface area (Å²) < 4.78 is 20.3. The molecule has 2 aliphatic heterocycles. The van der Waals surface area contributed by atoms with Gasteiger partial charge in [0.15, 0.2) is 5.82 Å². The second kappa shape index (κ2) is 10.0. The van der Waals surface area contributed by atoms with Gasteiger partial charge >= 0.3 is 0 Å². The molecule has 2 fully saturated rings. The van der Waals surface area contributed by atoms with Crippen molar-refractivity contribution < 1.29 is 13.9 Å². The van der Waals surface area contributed by atoms with E-state index in [4.69, 9.17) is 4.74 Å². The standard InChI is InChI=1S/C25H26FIN6O2/c1-25(27)8-11-32(15-25)22-21(19(7-9-28-22)18-5-2-3-6-20(18)26)31-23(34)17-13-29-24(30-14-17)33-10-4-12-35-16-33/h2-3,5-7,9,13-14H,4,8,10-12,15-16H2,1H3,(H,31,34). The summed E-state index contributed by atoms with van der Waals surface area (Å²) in [5, 5.41) is 2.99. The van der Waals surface area contributed by atoms with Crippen LogP contribution in [-0.4, -0.2) is 57.3 Å². The topological polar surface area (TPSA) is 83.5 Å². The molecule has 2 saturated heterocycles. The van der Waals surface area contributed by atoms with Crippen LogP contribution in [0.2, 0.25) is 0 Å². The van der Waals surface area contributed by atoms with Crippen molar-refractivity contribution in [2.24, 2.45) is 0 Å². The number of carbonyl (C=O) groups is 1. The number of hydrogen-bond acceptors (Lipinski definition) is 7. The van der Waals surface area contributed by atoms with Crippen LogP contribution in [0.3, 0.4) is 0 Å². The molecule has 1 unspecified atom stereocenters. The largest absolute Gasteiger partial charge is 0.361 e. The van der Waals surface area contributed by atoms with E-state index in [-0.39, 0.29) is 15.1 Å². The lowest BCUT2D eigenvalue weighted by Gasteiger charge is -2.26. The van der Waals surface area contributed by atoms with Gasteiger partial charge in [0.25, 0.3) is 5.91 Å². The molecule has 2 aromatic heterocycles. The summed E-state index contributed by atoms with van der Waals surface area (Å²) >= 11 is 2.46. The predicted octanol–water partition coefficient (Wildman–Crippen LogP) is 4.52. The monoisotopic (exact) mass is 588 g/mol. The first-order valence-electron chi connectivity index (χ1n) is 11.6. The molecule has 0 aliphatic carbocycles. The highest BCUT2D eigenvalue weighted by atomic mass is 127. The molecule has 4 heterocycles. The molecule has 1 amide bonds. The summed E-state index contributed by atoms with van der Waals surface area (Å²) in [5.74, 6) is 0.405. The Balaban J connectivity index is 1.47. The van der Waals surface area contributed by atoms with E-state index in [9.17, 15) is 9.18 Å². The van der Waals surface area contributed by atoms with Crippen molar-refractivity contribution in [3.63, 3.8) is 0 Å². The fraction of sp³-hybridized carbons (Fsp3) is 0.360. The highest BCUT2D eigenvalue weighted by molar-refractivity contribution is 14.1. The number of halogens is 2. The third-order valence-corrected chi connectivity index (χ3v) is 7.08. The molecule has 10 heteroatoms. The molecule has 0 radical (unpaired) electrons. The predicted molar refractivity (Wildman–Crippen MR) is 142 cm³/mol. The van der Waals surface area contributed by atoms with E-state index in [1.54, 1.807) is 30.5 Å². The Bertz CT molecular complexity index is 1220. The number of ether oxygens (including phenoxy) is 1. The second-order valence-corrected chi connectivity index (χ2v) is 11.6. The molecule has 0 bridgehead atoms. The number of anilines is 3. The SMILES string of the molecule is CC1(I)CCN(c2nccc(-c3ccccc3F)c2NC(=O)c2cnc(N3CCCOC3)nc2)C1. The van der Waals surface area contributed by atoms with Crippen molar-refractivity contribution in [3.05, 3.63) is 60.3 Å². The number of carbonyl (C=O) groups excluding carboxylic acids is 1. The number of benzene rings is 1. The van der Waals surface area contributed by atoms with Crippen LogP contribution in [-0.2, 0) is 4.74 Å². The summed E-state index contributed by atoms with van der Waals surface area (Å²) in [4.78, 5) is 30.7. The van der Waals surface area contributed by atoms with Gasteiger partial charge < -0.3 is 19.9 Å². The van der Waals surface area contributed by atoms with Gasteiger partial charge in [-0.15, -0.1) is 0 Å². The lowest BCUT2D eigenvalue weighted by Crippen LogP contribution is -2.34. The van der Waals surface area contributed by atoms with Gasteiger partial charge in [-0.1, -0.05) is 40.8 Å². The van der Waals surface area contributed by atoms with Gasteiger partial charge in [-0.25, -0.2) is 19.3 Å². The minimum Gasteiger partial charge on any atom is -0.361 e. The van der Waals surface area contributed by atoms with E-state index in [1.165, 1.54) is 18.5 Å². The number of aromatic nitrogens is 3. The number of nitrogens with zero attached hydrogens (tertiary/aromatic N) is 5. The molecule has 182 valence electrons. The average Bonchev–Trinajstić information content (AvgIpc) is 3.24. The van der Waals surface area contributed by atoms with E-state index in [0.717, 1.165) is 39.1 Å². The number of alkyl halides is 1. The van der Waals surface area contributed by atoms with Gasteiger partial charge in [0.1, 0.15) is 12.5 Å². The molecule has 1 atom stereocenters. The smallest absolute Gasteiger partial charge is 0.258 e. The van der Waals surface area contributed by atoms with Gasteiger partial charge in [0.2, 0.25) is 5.95 Å². The Labute approximate surface area is 217 Å². The molecule has 1 N–H and O–H groups in total. The maximum atomic E-state index is 14.8. The first kappa shape index (κ1) is 23.9. The van der Waals surface area contributed by atoms with Crippen LogP contribution in [0.15, 0.2) is 48.9 Å². The Morgan fingerprint density at radius 3 is 2.60 bits per heavy atom. The van der Waals surface area contributed by atoms with Gasteiger partial charge in [0.05, 0.1) is 17.9 Å². The summed E-state index contributed by atoms with van der Waals surface area (Å²) in [6.45, 7) is 5.73. The third-order valence-electron chi connectivity index (χ3n) is 6.20. The fourth-order valence-electron chi connectivity index (χ4n) is 4.36. The lowest BCUT2D eigenvalue weighted by molar-refractivity contribution is 0.102. The van der Waals surface area contributed by atoms with Crippen molar-refractivity contribution in [1.82, 2.24) is 15.0 Å². The van der Waals surface area contributed by atoms with Crippen LogP contribution >= 0.6 is 22.6 Å². The van der Waals surface area contributed by atoms with E-state index < -0.39 is 0 Å². The zero-order valence-electron chi connectivity index (χ0n) is 19.4. The lowest BCUT2D eigenvalue weighted by atomic mass is 10.0. The highest BCUT2D eigenvalue weighted by Gasteiger charge is 2.33. The Hall–Kier alpha value is -2.86. The maximum Gasteiger partial charge on any atom is 0.258 e. The van der Waals surface area contributed by atoms with E-state index in [2.05, 4.69) is 54.7 Å². The highest BCUT2D eigenvalue weighted by Crippen LogP contribution is 2.40. The molecular weight excluding hydrogens is 562 g/mol. The van der Waals surface area contributed by atoms with E-state index in [1.807, 2.05) is 4.90 Å². The van der Waals surface area contributed by atoms with Crippen LogP contribution < -0.4 is 15.1 Å². The molecule has 3 aromatic rings. The summed E-state index contributed by atoms with van der Waals surface area (Å²) in [6, 6.07) is 8.27. The zero-order chi connectivity index (χ0) is 24.4. The van der Waals surface area contributed by atoms with Crippen LogP contribution in [0.5, 0.6) is 0 Å². The normalized spacial score (nSPS) is 20.2. The van der Waals surface area contributed by atoms with E-state index >= 15 is 0 Å². The van der Waals surface area contributed by atoms with Crippen molar-refractivity contribution in [2.75, 3.05) is 48.1 Å². The van der Waals surface area contributed by atoms with Crippen LogP contribution in [0.25, 0.3) is 11.1 Å². The molecule has 5 rings (SSSR count). The fourth-order valence-corrected chi connectivity index (χ4v) is 5.02. The van der Waals surface area contributed by atoms with Crippen molar-refractivity contribution in [3.8, 4) is 11.1 Å². The minimum atomic E-state index is -0.380. The Morgan fingerprint density at radius 1 is 1.11 bits per heavy atom. The van der Waals surface area contributed by atoms with Crippen molar-refractivity contribution in [2.45, 2.75) is 23.2 Å². The zero-order valence-corrected chi connectivity index (χ0v) is 21.5. The van der Waals surface area contributed by atoms with Crippen LogP contribution in [0.4, 0.5) is 21.8 Å². The molecular formula is C25H26FIN6O2. The minimum absolute atomic E-state index is 0.0938. The molecule has 35 heavy (non-hydrogen) atoms. The molecule has 0 spiro atoms. The molecule has 0 saturated carbocycles. The van der Waals surface area contributed by atoms with Crippen molar-refractivity contribution >= 4 is 46.0 Å². The number of amides is 1. The average molecular weight is 588 g/mol.